The van der Waals surface area contributed by atoms with E-state index in [-0.39, 0.29) is 17.3 Å². The zero-order valence-electron chi connectivity index (χ0n) is 13.5. The number of rotatable bonds is 3. The van der Waals surface area contributed by atoms with E-state index in [1.807, 2.05) is 0 Å². The van der Waals surface area contributed by atoms with Gasteiger partial charge in [-0.2, -0.15) is 13.2 Å². The molecule has 0 N–H and O–H groups in total. The van der Waals surface area contributed by atoms with Gasteiger partial charge in [0.25, 0.3) is 0 Å². The summed E-state index contributed by atoms with van der Waals surface area (Å²) in [5.41, 5.74) is -0.284. The van der Waals surface area contributed by atoms with Crippen molar-refractivity contribution in [2.24, 2.45) is 7.05 Å². The molecule has 0 saturated heterocycles. The van der Waals surface area contributed by atoms with E-state index in [4.69, 9.17) is 0 Å². The number of pyridine rings is 2. The highest BCUT2D eigenvalue weighted by Gasteiger charge is 2.34. The van der Waals surface area contributed by atoms with Crippen LogP contribution in [-0.2, 0) is 23.1 Å². The van der Waals surface area contributed by atoms with Crippen LogP contribution in [0.4, 0.5) is 13.2 Å². The van der Waals surface area contributed by atoms with Crippen molar-refractivity contribution >= 4 is 43.6 Å². The maximum atomic E-state index is 13.0. The van der Waals surface area contributed by atoms with E-state index in [0.717, 1.165) is 3.57 Å². The summed E-state index contributed by atoms with van der Waals surface area (Å²) in [6.07, 6.45) is -2.48. The van der Waals surface area contributed by atoms with Crippen molar-refractivity contribution < 1.29 is 21.6 Å². The van der Waals surface area contributed by atoms with Crippen molar-refractivity contribution in [2.75, 3.05) is 5.75 Å². The van der Waals surface area contributed by atoms with Crippen molar-refractivity contribution in [3.8, 4) is 11.5 Å². The fourth-order valence-corrected chi connectivity index (χ4v) is 3.91. The van der Waals surface area contributed by atoms with Crippen molar-refractivity contribution in [3.05, 3.63) is 33.7 Å². The number of nitrogens with zero attached hydrogens (tertiary/aromatic N) is 4. The number of imidazole rings is 1. The summed E-state index contributed by atoms with van der Waals surface area (Å²) in [4.78, 5) is 11.9. The Bertz CT molecular complexity index is 1110. The van der Waals surface area contributed by atoms with Gasteiger partial charge in [0.05, 0.1) is 16.2 Å². The van der Waals surface area contributed by atoms with E-state index < -0.39 is 26.5 Å². The van der Waals surface area contributed by atoms with Gasteiger partial charge < -0.3 is 4.57 Å². The summed E-state index contributed by atoms with van der Waals surface area (Å²) in [7, 11) is -2.36. The Hall–Kier alpha value is -1.76. The molecule has 0 saturated carbocycles. The Morgan fingerprint density at radius 1 is 1.19 bits per heavy atom. The molecule has 0 radical (unpaired) electrons. The molecule has 138 valence electrons. The summed E-state index contributed by atoms with van der Waals surface area (Å²) in [6, 6.07) is 2.35. The number of sulfone groups is 1. The molecular formula is C15H12F3IN4O2S. The first kappa shape index (κ1) is 19.0. The number of halogens is 4. The molecule has 0 spiro atoms. The minimum atomic E-state index is -4.70. The number of hydrogen-bond acceptors (Lipinski definition) is 5. The van der Waals surface area contributed by atoms with Gasteiger partial charge in [-0.25, -0.2) is 18.4 Å². The molecule has 3 aromatic heterocycles. The molecule has 3 aromatic rings. The van der Waals surface area contributed by atoms with Gasteiger partial charge in [0, 0.05) is 23.0 Å². The van der Waals surface area contributed by atoms with Crippen molar-refractivity contribution in [1.82, 2.24) is 19.5 Å². The Morgan fingerprint density at radius 3 is 2.50 bits per heavy atom. The summed E-state index contributed by atoms with van der Waals surface area (Å²) in [5.74, 6) is -0.224. The predicted molar refractivity (Wildman–Crippen MR) is 97.2 cm³/mol. The van der Waals surface area contributed by atoms with E-state index in [1.54, 1.807) is 19.3 Å². The minimum absolute atomic E-state index is 0.129. The van der Waals surface area contributed by atoms with E-state index in [9.17, 15) is 21.6 Å². The summed E-state index contributed by atoms with van der Waals surface area (Å²) < 4.78 is 66.2. The van der Waals surface area contributed by atoms with E-state index >= 15 is 0 Å². The highest BCUT2D eigenvalue weighted by atomic mass is 127. The molecule has 0 aliphatic rings. The van der Waals surface area contributed by atoms with Gasteiger partial charge >= 0.3 is 6.18 Å². The fraction of sp³-hybridized carbons (Fsp3) is 0.267. The van der Waals surface area contributed by atoms with Gasteiger partial charge in [0.1, 0.15) is 11.2 Å². The number of aryl methyl sites for hydroxylation is 1. The first-order chi connectivity index (χ1) is 12.0. The minimum Gasteiger partial charge on any atom is -0.310 e. The number of aromatic nitrogens is 4. The number of alkyl halides is 3. The lowest BCUT2D eigenvalue weighted by atomic mass is 10.2. The first-order valence-electron chi connectivity index (χ1n) is 7.33. The molecule has 0 aliphatic carbocycles. The van der Waals surface area contributed by atoms with Crippen LogP contribution in [0.5, 0.6) is 0 Å². The smallest absolute Gasteiger partial charge is 0.310 e. The van der Waals surface area contributed by atoms with Gasteiger partial charge in [0.15, 0.2) is 21.3 Å². The molecule has 26 heavy (non-hydrogen) atoms. The van der Waals surface area contributed by atoms with Crippen molar-refractivity contribution in [3.63, 3.8) is 0 Å². The third-order valence-corrected chi connectivity index (χ3v) is 6.11. The Kier molecular flexibility index (Phi) is 4.71. The van der Waals surface area contributed by atoms with Crippen LogP contribution in [0, 0.1) is 3.57 Å². The van der Waals surface area contributed by atoms with Crippen LogP contribution in [0.15, 0.2) is 29.4 Å². The quantitative estimate of drug-likeness (QED) is 0.520. The Morgan fingerprint density at radius 2 is 1.88 bits per heavy atom. The second kappa shape index (κ2) is 6.44. The zero-order chi connectivity index (χ0) is 19.3. The summed E-state index contributed by atoms with van der Waals surface area (Å²) >= 11 is 2.05. The molecule has 11 heteroatoms. The largest absolute Gasteiger partial charge is 0.417 e. The lowest BCUT2D eigenvalue weighted by molar-refractivity contribution is -0.138. The van der Waals surface area contributed by atoms with Crippen LogP contribution in [-0.4, -0.2) is 33.7 Å². The fourth-order valence-electron chi connectivity index (χ4n) is 2.42. The zero-order valence-corrected chi connectivity index (χ0v) is 16.5. The van der Waals surface area contributed by atoms with Gasteiger partial charge in [-0.3, -0.25) is 4.98 Å². The van der Waals surface area contributed by atoms with Crippen LogP contribution >= 0.6 is 22.6 Å². The molecule has 0 amide bonds. The molecule has 0 aliphatic heterocycles. The second-order valence-corrected chi connectivity index (χ2v) is 8.95. The topological polar surface area (TPSA) is 77.7 Å². The number of fused-ring (bicyclic) bond motifs is 1. The average molecular weight is 496 g/mol. The summed E-state index contributed by atoms with van der Waals surface area (Å²) in [5, 5.41) is 0. The van der Waals surface area contributed by atoms with Crippen LogP contribution in [0.1, 0.15) is 12.5 Å². The lowest BCUT2D eigenvalue weighted by Gasteiger charge is -2.12. The van der Waals surface area contributed by atoms with Gasteiger partial charge in [-0.1, -0.05) is 6.92 Å². The predicted octanol–water partition coefficient (Wildman–Crippen LogP) is 3.45. The van der Waals surface area contributed by atoms with Crippen molar-refractivity contribution in [2.45, 2.75) is 18.0 Å². The molecule has 0 fully saturated rings. The van der Waals surface area contributed by atoms with E-state index in [2.05, 4.69) is 37.5 Å². The Labute approximate surface area is 160 Å². The van der Waals surface area contributed by atoms with Gasteiger partial charge in [-0.15, -0.1) is 0 Å². The monoisotopic (exact) mass is 496 g/mol. The van der Waals surface area contributed by atoms with Crippen molar-refractivity contribution in [1.29, 1.82) is 0 Å². The molecule has 3 heterocycles. The highest BCUT2D eigenvalue weighted by Crippen LogP contribution is 2.34. The third-order valence-electron chi connectivity index (χ3n) is 3.78. The number of hydrogen-bond donors (Lipinski definition) is 0. The second-order valence-electron chi connectivity index (χ2n) is 5.46. The lowest BCUT2D eigenvalue weighted by Crippen LogP contribution is -2.13. The first-order valence-corrected chi connectivity index (χ1v) is 10.1. The van der Waals surface area contributed by atoms with Crippen LogP contribution in [0.2, 0.25) is 0 Å². The normalized spacial score (nSPS) is 12.7. The third kappa shape index (κ3) is 3.29. The van der Waals surface area contributed by atoms with Gasteiger partial charge in [-0.05, 0) is 34.7 Å². The molecule has 0 atom stereocenters. The van der Waals surface area contributed by atoms with Crippen LogP contribution in [0.25, 0.3) is 22.7 Å². The Balaban J connectivity index is 2.33. The standard InChI is InChI=1S/C15H12F3IN4O2S/c1-3-26(24,25)11-4-8(15(16,17)18)6-20-12(11)14-22-10-5-9(19)7-21-13(10)23(14)2/h4-7H,3H2,1-2H3. The molecular weight excluding hydrogens is 484 g/mol. The van der Waals surface area contributed by atoms with Crippen LogP contribution in [0.3, 0.4) is 0 Å². The summed E-state index contributed by atoms with van der Waals surface area (Å²) in [6.45, 7) is 1.36. The average Bonchev–Trinajstić information content (AvgIpc) is 2.89. The maximum absolute atomic E-state index is 13.0. The molecule has 0 bridgehead atoms. The highest BCUT2D eigenvalue weighted by molar-refractivity contribution is 14.1. The molecule has 0 aromatic carbocycles. The molecule has 6 nitrogen and oxygen atoms in total. The van der Waals surface area contributed by atoms with Crippen LogP contribution < -0.4 is 0 Å². The maximum Gasteiger partial charge on any atom is 0.417 e. The van der Waals surface area contributed by atoms with E-state index in [0.29, 0.717) is 23.4 Å². The molecule has 3 rings (SSSR count). The molecule has 0 unspecified atom stereocenters. The SMILES string of the molecule is CCS(=O)(=O)c1cc(C(F)(F)F)cnc1-c1nc2cc(I)cnc2n1C. The van der Waals surface area contributed by atoms with Gasteiger partial charge in [0.2, 0.25) is 0 Å². The van der Waals surface area contributed by atoms with E-state index in [1.165, 1.54) is 11.5 Å².